The molecule has 1 amide bonds. The highest BCUT2D eigenvalue weighted by Gasteiger charge is 2.37. The zero-order chi connectivity index (χ0) is 13.0. The molecule has 0 atom stereocenters. The Kier molecular flexibility index (Phi) is 3.97. The number of benzene rings is 1. The van der Waals surface area contributed by atoms with Crippen molar-refractivity contribution in [3.63, 3.8) is 0 Å². The summed E-state index contributed by atoms with van der Waals surface area (Å²) in [7, 11) is 0. The van der Waals surface area contributed by atoms with E-state index in [0.717, 1.165) is 24.8 Å². The molecule has 0 bridgehead atoms. The predicted octanol–water partition coefficient (Wildman–Crippen LogP) is 1.79. The minimum atomic E-state index is -0.375. The molecule has 1 saturated carbocycles. The van der Waals surface area contributed by atoms with E-state index in [1.165, 1.54) is 12.1 Å². The Balaban J connectivity index is 1.79. The Bertz CT molecular complexity index is 407. The van der Waals surface area contributed by atoms with Crippen molar-refractivity contribution < 1.29 is 14.3 Å². The number of aliphatic hydroxyl groups excluding tert-OH is 1. The first kappa shape index (κ1) is 13.0. The Morgan fingerprint density at radius 2 is 2.00 bits per heavy atom. The highest BCUT2D eigenvalue weighted by molar-refractivity contribution is 5.77. The first-order valence-corrected chi connectivity index (χ1v) is 6.30. The van der Waals surface area contributed by atoms with Crippen molar-refractivity contribution in [2.75, 3.05) is 6.61 Å². The number of aliphatic hydroxyl groups is 1. The van der Waals surface area contributed by atoms with E-state index in [9.17, 15) is 14.3 Å². The lowest BCUT2D eigenvalue weighted by Crippen LogP contribution is -2.56. The number of hydrogen-bond acceptors (Lipinski definition) is 2. The summed E-state index contributed by atoms with van der Waals surface area (Å²) < 4.78 is 12.7. The number of aryl methyl sites for hydroxylation is 1. The van der Waals surface area contributed by atoms with Gasteiger partial charge in [-0.25, -0.2) is 4.39 Å². The first-order chi connectivity index (χ1) is 8.63. The number of carbonyl (C=O) groups is 1. The second kappa shape index (κ2) is 5.48. The van der Waals surface area contributed by atoms with Crippen LogP contribution in [0.15, 0.2) is 24.3 Å². The van der Waals surface area contributed by atoms with E-state index in [4.69, 9.17) is 0 Å². The lowest BCUT2D eigenvalue weighted by atomic mass is 9.77. The number of nitrogens with one attached hydrogen (secondary N) is 1. The Labute approximate surface area is 106 Å². The van der Waals surface area contributed by atoms with E-state index in [2.05, 4.69) is 5.32 Å². The highest BCUT2D eigenvalue weighted by Crippen LogP contribution is 2.31. The molecule has 0 aromatic heterocycles. The van der Waals surface area contributed by atoms with Gasteiger partial charge in [0.2, 0.25) is 5.91 Å². The molecule has 18 heavy (non-hydrogen) atoms. The van der Waals surface area contributed by atoms with Gasteiger partial charge in [-0.05, 0) is 43.4 Å². The zero-order valence-electron chi connectivity index (χ0n) is 10.3. The van der Waals surface area contributed by atoms with Gasteiger partial charge >= 0.3 is 0 Å². The standard InChI is InChI=1S/C14H18FNO2/c15-12-5-2-11(3-6-12)4-7-13(18)16-14(10-17)8-1-9-14/h2-3,5-6,17H,1,4,7-10H2,(H,16,18). The van der Waals surface area contributed by atoms with Gasteiger partial charge in [0.05, 0.1) is 12.1 Å². The third-order valence-corrected chi connectivity index (χ3v) is 3.57. The summed E-state index contributed by atoms with van der Waals surface area (Å²) in [5.74, 6) is -0.315. The Morgan fingerprint density at radius 1 is 1.33 bits per heavy atom. The van der Waals surface area contributed by atoms with Crippen molar-refractivity contribution in [1.29, 1.82) is 0 Å². The van der Waals surface area contributed by atoms with Crippen LogP contribution in [-0.2, 0) is 11.2 Å². The molecule has 0 spiro atoms. The molecule has 0 unspecified atom stereocenters. The summed E-state index contributed by atoms with van der Waals surface area (Å²) in [6.07, 6.45) is 3.72. The highest BCUT2D eigenvalue weighted by atomic mass is 19.1. The summed E-state index contributed by atoms with van der Waals surface area (Å²) in [6, 6.07) is 6.17. The molecule has 2 rings (SSSR count). The van der Waals surface area contributed by atoms with Crippen molar-refractivity contribution in [2.45, 2.75) is 37.6 Å². The van der Waals surface area contributed by atoms with Crippen LogP contribution in [-0.4, -0.2) is 23.2 Å². The normalized spacial score (nSPS) is 17.0. The fourth-order valence-electron chi connectivity index (χ4n) is 2.19. The van der Waals surface area contributed by atoms with Crippen LogP contribution in [0.4, 0.5) is 4.39 Å². The van der Waals surface area contributed by atoms with Crippen LogP contribution in [0.2, 0.25) is 0 Å². The number of amides is 1. The molecule has 4 heteroatoms. The zero-order valence-corrected chi connectivity index (χ0v) is 10.3. The van der Waals surface area contributed by atoms with Crippen LogP contribution >= 0.6 is 0 Å². The van der Waals surface area contributed by atoms with Gasteiger partial charge in [0.1, 0.15) is 5.82 Å². The maximum atomic E-state index is 12.7. The average Bonchev–Trinajstić information content (AvgIpc) is 2.33. The summed E-state index contributed by atoms with van der Waals surface area (Å²) >= 11 is 0. The number of halogens is 1. The van der Waals surface area contributed by atoms with Crippen molar-refractivity contribution in [3.05, 3.63) is 35.6 Å². The average molecular weight is 251 g/mol. The molecule has 1 aromatic carbocycles. The lowest BCUT2D eigenvalue weighted by Gasteiger charge is -2.41. The topological polar surface area (TPSA) is 49.3 Å². The van der Waals surface area contributed by atoms with Gasteiger partial charge in [0.15, 0.2) is 0 Å². The van der Waals surface area contributed by atoms with Gasteiger partial charge in [-0.15, -0.1) is 0 Å². The number of carbonyl (C=O) groups excluding carboxylic acids is 1. The van der Waals surface area contributed by atoms with Crippen LogP contribution in [0.25, 0.3) is 0 Å². The van der Waals surface area contributed by atoms with Gasteiger partial charge < -0.3 is 10.4 Å². The maximum absolute atomic E-state index is 12.7. The quantitative estimate of drug-likeness (QED) is 0.838. The third-order valence-electron chi connectivity index (χ3n) is 3.57. The Morgan fingerprint density at radius 3 is 2.50 bits per heavy atom. The van der Waals surface area contributed by atoms with Crippen LogP contribution in [0.3, 0.4) is 0 Å². The van der Waals surface area contributed by atoms with E-state index in [1.54, 1.807) is 12.1 Å². The molecule has 0 saturated heterocycles. The molecule has 1 aliphatic carbocycles. The molecule has 0 heterocycles. The van der Waals surface area contributed by atoms with Crippen molar-refractivity contribution in [3.8, 4) is 0 Å². The molecule has 1 fully saturated rings. The second-order valence-electron chi connectivity index (χ2n) is 4.97. The second-order valence-corrected chi connectivity index (χ2v) is 4.97. The molecule has 2 N–H and O–H groups in total. The fourth-order valence-corrected chi connectivity index (χ4v) is 2.19. The molecule has 98 valence electrons. The molecule has 3 nitrogen and oxygen atoms in total. The summed E-state index contributed by atoms with van der Waals surface area (Å²) in [6.45, 7) is 0.00921. The predicted molar refractivity (Wildman–Crippen MR) is 66.5 cm³/mol. The number of hydrogen-bond donors (Lipinski definition) is 2. The van der Waals surface area contributed by atoms with E-state index in [-0.39, 0.29) is 23.9 Å². The smallest absolute Gasteiger partial charge is 0.220 e. The van der Waals surface area contributed by atoms with Crippen LogP contribution in [0.5, 0.6) is 0 Å². The molecule has 0 aliphatic heterocycles. The molecule has 0 radical (unpaired) electrons. The third kappa shape index (κ3) is 3.07. The SMILES string of the molecule is O=C(CCc1ccc(F)cc1)NC1(CO)CCC1. The first-order valence-electron chi connectivity index (χ1n) is 6.30. The minimum Gasteiger partial charge on any atom is -0.394 e. The van der Waals surface area contributed by atoms with Gasteiger partial charge in [-0.2, -0.15) is 0 Å². The largest absolute Gasteiger partial charge is 0.394 e. The Hall–Kier alpha value is -1.42. The fraction of sp³-hybridized carbons (Fsp3) is 0.500. The van der Waals surface area contributed by atoms with Gasteiger partial charge in [-0.1, -0.05) is 12.1 Å². The molecule has 1 aliphatic rings. The molecular weight excluding hydrogens is 233 g/mol. The monoisotopic (exact) mass is 251 g/mol. The summed E-state index contributed by atoms with van der Waals surface area (Å²) in [4.78, 5) is 11.8. The van der Waals surface area contributed by atoms with Gasteiger partial charge in [0, 0.05) is 6.42 Å². The van der Waals surface area contributed by atoms with E-state index in [0.29, 0.717) is 12.8 Å². The summed E-state index contributed by atoms with van der Waals surface area (Å²) in [5.41, 5.74) is 0.568. The van der Waals surface area contributed by atoms with Crippen molar-refractivity contribution >= 4 is 5.91 Å². The van der Waals surface area contributed by atoms with Gasteiger partial charge in [-0.3, -0.25) is 4.79 Å². The van der Waals surface area contributed by atoms with Crippen LogP contribution in [0, 0.1) is 5.82 Å². The lowest BCUT2D eigenvalue weighted by molar-refractivity contribution is -0.125. The number of rotatable bonds is 5. The minimum absolute atomic E-state index is 0.00921. The molecular formula is C14H18FNO2. The van der Waals surface area contributed by atoms with Crippen molar-refractivity contribution in [1.82, 2.24) is 5.32 Å². The van der Waals surface area contributed by atoms with Crippen LogP contribution in [0.1, 0.15) is 31.2 Å². The maximum Gasteiger partial charge on any atom is 0.220 e. The summed E-state index contributed by atoms with van der Waals surface area (Å²) in [5, 5.41) is 12.1. The van der Waals surface area contributed by atoms with E-state index >= 15 is 0 Å². The van der Waals surface area contributed by atoms with Crippen molar-refractivity contribution in [2.24, 2.45) is 0 Å². The van der Waals surface area contributed by atoms with Gasteiger partial charge in [0.25, 0.3) is 0 Å². The van der Waals surface area contributed by atoms with Crippen LogP contribution < -0.4 is 5.32 Å². The molecule has 1 aromatic rings. The van der Waals surface area contributed by atoms with E-state index in [1.807, 2.05) is 0 Å². The van der Waals surface area contributed by atoms with E-state index < -0.39 is 0 Å².